The van der Waals surface area contributed by atoms with E-state index in [0.29, 0.717) is 18.9 Å². The molecule has 1 spiro atoms. The Morgan fingerprint density at radius 1 is 1.24 bits per heavy atom. The molecule has 5 nitrogen and oxygen atoms in total. The van der Waals surface area contributed by atoms with E-state index in [4.69, 9.17) is 9.47 Å². The maximum atomic E-state index is 12.9. The summed E-state index contributed by atoms with van der Waals surface area (Å²) in [4.78, 5) is 16.8. The van der Waals surface area contributed by atoms with E-state index in [2.05, 4.69) is 4.90 Å². The fourth-order valence-corrected chi connectivity index (χ4v) is 3.98. The molecule has 2 aliphatic heterocycles. The normalized spacial score (nSPS) is 23.9. The number of ether oxygens (including phenoxy) is 2. The van der Waals surface area contributed by atoms with Crippen LogP contribution in [0.5, 0.6) is 5.75 Å². The number of nitrogens with zero attached hydrogens (tertiary/aromatic N) is 2. The smallest absolute Gasteiger partial charge is 0.228 e. The molecule has 0 radical (unpaired) electrons. The predicted molar refractivity (Wildman–Crippen MR) is 93.1 cm³/mol. The minimum Gasteiger partial charge on any atom is -0.492 e. The number of hydrogen-bond acceptors (Lipinski definition) is 4. The Balaban J connectivity index is 1.48. The summed E-state index contributed by atoms with van der Waals surface area (Å²) in [6, 6.07) is 6.08. The highest BCUT2D eigenvalue weighted by atomic mass is 19.1. The molecule has 1 aromatic rings. The topological polar surface area (TPSA) is 42.0 Å². The number of likely N-dealkylation sites (tertiary alicyclic amines) is 2. The average Bonchev–Trinajstić information content (AvgIpc) is 2.62. The summed E-state index contributed by atoms with van der Waals surface area (Å²) in [7, 11) is 3.60. The van der Waals surface area contributed by atoms with E-state index in [1.54, 1.807) is 19.2 Å². The molecule has 1 amide bonds. The number of halogens is 1. The lowest BCUT2D eigenvalue weighted by molar-refractivity contribution is -0.155. The predicted octanol–water partition coefficient (Wildman–Crippen LogP) is 2.16. The number of methoxy groups -OCH3 is 1. The molecular weight excluding hydrogens is 323 g/mol. The molecule has 1 aromatic carbocycles. The minimum absolute atomic E-state index is 0.135. The molecule has 2 saturated heterocycles. The van der Waals surface area contributed by atoms with Crippen molar-refractivity contribution in [3.8, 4) is 5.75 Å². The number of likely N-dealkylation sites (N-methyl/N-ethyl adjacent to an activating group) is 1. The van der Waals surface area contributed by atoms with Gasteiger partial charge in [-0.3, -0.25) is 9.69 Å². The third-order valence-corrected chi connectivity index (χ3v) is 5.53. The molecule has 0 aliphatic carbocycles. The van der Waals surface area contributed by atoms with Gasteiger partial charge in [-0.1, -0.05) is 0 Å². The Morgan fingerprint density at radius 3 is 2.56 bits per heavy atom. The number of carbonyl (C=O) groups excluding carboxylic acids is 1. The van der Waals surface area contributed by atoms with Crippen molar-refractivity contribution >= 4 is 5.91 Å². The lowest BCUT2D eigenvalue weighted by Gasteiger charge is -2.47. The second kappa shape index (κ2) is 7.70. The Hall–Kier alpha value is -1.66. The molecular formula is C19H27FN2O3. The molecule has 0 N–H and O–H groups in total. The maximum Gasteiger partial charge on any atom is 0.228 e. The lowest BCUT2D eigenvalue weighted by Crippen LogP contribution is -2.56. The molecule has 0 saturated carbocycles. The largest absolute Gasteiger partial charge is 0.492 e. The van der Waals surface area contributed by atoms with Gasteiger partial charge in [0.2, 0.25) is 5.91 Å². The van der Waals surface area contributed by atoms with E-state index in [1.807, 2.05) is 11.9 Å². The Kier molecular flexibility index (Phi) is 5.59. The Bertz CT molecular complexity index is 585. The summed E-state index contributed by atoms with van der Waals surface area (Å²) in [6.45, 7) is 3.84. The van der Waals surface area contributed by atoms with Gasteiger partial charge in [0.25, 0.3) is 0 Å². The molecule has 2 heterocycles. The zero-order valence-electron chi connectivity index (χ0n) is 15.0. The first-order valence-electron chi connectivity index (χ1n) is 8.91. The van der Waals surface area contributed by atoms with Gasteiger partial charge >= 0.3 is 0 Å². The third kappa shape index (κ3) is 4.12. The molecule has 2 fully saturated rings. The van der Waals surface area contributed by atoms with E-state index in [1.165, 1.54) is 12.1 Å². The number of benzene rings is 1. The van der Waals surface area contributed by atoms with Gasteiger partial charge in [-0.05, 0) is 56.6 Å². The van der Waals surface area contributed by atoms with Crippen LogP contribution in [-0.2, 0) is 9.53 Å². The number of piperidine rings is 2. The SMILES string of the molecule is COC1CN(C)C(=O)C2(CCN(CCOc3ccc(F)cc3)CC2)C1. The van der Waals surface area contributed by atoms with E-state index < -0.39 is 0 Å². The number of carbonyl (C=O) groups is 1. The molecule has 25 heavy (non-hydrogen) atoms. The van der Waals surface area contributed by atoms with Gasteiger partial charge in [0, 0.05) is 27.2 Å². The first-order chi connectivity index (χ1) is 12.0. The molecule has 2 aliphatic rings. The van der Waals surface area contributed by atoms with Crippen molar-refractivity contribution in [3.63, 3.8) is 0 Å². The van der Waals surface area contributed by atoms with Gasteiger partial charge in [-0.2, -0.15) is 0 Å². The van der Waals surface area contributed by atoms with Crippen molar-refractivity contribution < 1.29 is 18.7 Å². The third-order valence-electron chi connectivity index (χ3n) is 5.53. The van der Waals surface area contributed by atoms with Gasteiger partial charge in [0.05, 0.1) is 11.5 Å². The zero-order chi connectivity index (χ0) is 17.9. The highest BCUT2D eigenvalue weighted by Crippen LogP contribution is 2.41. The lowest BCUT2D eigenvalue weighted by atomic mass is 9.71. The van der Waals surface area contributed by atoms with Crippen molar-refractivity contribution in [1.82, 2.24) is 9.80 Å². The van der Waals surface area contributed by atoms with Crippen molar-refractivity contribution in [3.05, 3.63) is 30.1 Å². The molecule has 3 rings (SSSR count). The summed E-state index contributed by atoms with van der Waals surface area (Å²) < 4.78 is 24.1. The monoisotopic (exact) mass is 350 g/mol. The first-order valence-corrected chi connectivity index (χ1v) is 8.91. The molecule has 1 unspecified atom stereocenters. The number of amides is 1. The van der Waals surface area contributed by atoms with Crippen molar-refractivity contribution in [2.45, 2.75) is 25.4 Å². The highest BCUT2D eigenvalue weighted by Gasteiger charge is 2.47. The van der Waals surface area contributed by atoms with Crippen LogP contribution in [0.3, 0.4) is 0 Å². The van der Waals surface area contributed by atoms with Crippen LogP contribution in [0.25, 0.3) is 0 Å². The van der Waals surface area contributed by atoms with Crippen LogP contribution >= 0.6 is 0 Å². The Morgan fingerprint density at radius 2 is 1.92 bits per heavy atom. The molecule has 1 atom stereocenters. The van der Waals surface area contributed by atoms with Gasteiger partial charge in [0.15, 0.2) is 0 Å². The van der Waals surface area contributed by atoms with E-state index in [0.717, 1.165) is 38.9 Å². The van der Waals surface area contributed by atoms with Gasteiger partial charge in [-0.25, -0.2) is 4.39 Å². The second-order valence-corrected chi connectivity index (χ2v) is 7.17. The average molecular weight is 350 g/mol. The van der Waals surface area contributed by atoms with Crippen LogP contribution in [0.4, 0.5) is 4.39 Å². The maximum absolute atomic E-state index is 12.9. The quantitative estimate of drug-likeness (QED) is 0.816. The van der Waals surface area contributed by atoms with Crippen LogP contribution in [-0.4, -0.2) is 68.8 Å². The summed E-state index contributed by atoms with van der Waals surface area (Å²) >= 11 is 0. The molecule has 0 bridgehead atoms. The zero-order valence-corrected chi connectivity index (χ0v) is 15.0. The van der Waals surface area contributed by atoms with Crippen LogP contribution < -0.4 is 4.74 Å². The summed E-state index contributed by atoms with van der Waals surface area (Å²) in [5.41, 5.74) is -0.262. The molecule has 6 heteroatoms. The van der Waals surface area contributed by atoms with Crippen LogP contribution in [0.15, 0.2) is 24.3 Å². The van der Waals surface area contributed by atoms with Crippen molar-refractivity contribution in [2.75, 3.05) is 46.9 Å². The van der Waals surface area contributed by atoms with E-state index in [-0.39, 0.29) is 23.2 Å². The second-order valence-electron chi connectivity index (χ2n) is 7.17. The number of hydrogen-bond donors (Lipinski definition) is 0. The fraction of sp³-hybridized carbons (Fsp3) is 0.632. The minimum atomic E-state index is -0.262. The summed E-state index contributed by atoms with van der Waals surface area (Å²) in [6.07, 6.45) is 2.70. The van der Waals surface area contributed by atoms with Crippen LogP contribution in [0.1, 0.15) is 19.3 Å². The summed E-state index contributed by atoms with van der Waals surface area (Å²) in [5.74, 6) is 0.690. The van der Waals surface area contributed by atoms with Crippen LogP contribution in [0, 0.1) is 11.2 Å². The van der Waals surface area contributed by atoms with Crippen molar-refractivity contribution in [2.24, 2.45) is 5.41 Å². The van der Waals surface area contributed by atoms with Gasteiger partial charge < -0.3 is 14.4 Å². The van der Waals surface area contributed by atoms with Gasteiger partial charge in [-0.15, -0.1) is 0 Å². The van der Waals surface area contributed by atoms with E-state index in [9.17, 15) is 9.18 Å². The molecule has 138 valence electrons. The molecule has 0 aromatic heterocycles. The van der Waals surface area contributed by atoms with E-state index >= 15 is 0 Å². The van der Waals surface area contributed by atoms with Crippen molar-refractivity contribution in [1.29, 1.82) is 0 Å². The fourth-order valence-electron chi connectivity index (χ4n) is 3.98. The standard InChI is InChI=1S/C19H27FN2O3/c1-21-14-17(24-2)13-19(18(21)23)7-9-22(10-8-19)11-12-25-16-5-3-15(20)4-6-16/h3-6,17H,7-14H2,1-2H3. The Labute approximate surface area is 148 Å². The highest BCUT2D eigenvalue weighted by molar-refractivity contribution is 5.83. The number of rotatable bonds is 5. The summed E-state index contributed by atoms with van der Waals surface area (Å²) in [5, 5.41) is 0. The first kappa shape index (κ1) is 18.1. The van der Waals surface area contributed by atoms with Gasteiger partial charge in [0.1, 0.15) is 18.2 Å². The van der Waals surface area contributed by atoms with Crippen LogP contribution in [0.2, 0.25) is 0 Å².